The van der Waals surface area contributed by atoms with E-state index in [1.165, 1.54) is 0 Å². The quantitative estimate of drug-likeness (QED) is 0.795. The van der Waals surface area contributed by atoms with Gasteiger partial charge in [0.25, 0.3) is 0 Å². The maximum absolute atomic E-state index is 10.1. The predicted octanol–water partition coefficient (Wildman–Crippen LogP) is 2.31. The number of hydrogen-bond donors (Lipinski definition) is 2. The molecule has 2 N–H and O–H groups in total. The molecule has 5 nitrogen and oxygen atoms in total. The van der Waals surface area contributed by atoms with E-state index in [1.807, 2.05) is 26.0 Å². The van der Waals surface area contributed by atoms with E-state index < -0.39 is 6.10 Å². The fourth-order valence-corrected chi connectivity index (χ4v) is 3.21. The highest BCUT2D eigenvalue weighted by Crippen LogP contribution is 2.37. The summed E-state index contributed by atoms with van der Waals surface area (Å²) in [5.41, 5.74) is 1.02. The van der Waals surface area contributed by atoms with Crippen LogP contribution in [0.4, 0.5) is 0 Å². The van der Waals surface area contributed by atoms with Crippen LogP contribution in [0.1, 0.15) is 25.8 Å². The summed E-state index contributed by atoms with van der Waals surface area (Å²) in [4.78, 5) is 2.17. The molecule has 0 spiro atoms. The number of nitrogens with zero attached hydrogens (tertiary/aromatic N) is 1. The molecule has 0 saturated carbocycles. The second-order valence-corrected chi connectivity index (χ2v) is 6.21. The summed E-state index contributed by atoms with van der Waals surface area (Å²) < 4.78 is 11.2. The third-order valence-corrected chi connectivity index (χ3v) is 4.38. The lowest BCUT2D eigenvalue weighted by Gasteiger charge is -2.35. The van der Waals surface area contributed by atoms with Crippen molar-refractivity contribution in [2.75, 3.05) is 32.9 Å². The number of ether oxygens (including phenoxy) is 2. The zero-order chi connectivity index (χ0) is 16.8. The maximum Gasteiger partial charge on any atom is 0.179 e. The zero-order valence-corrected chi connectivity index (χ0v) is 14.6. The van der Waals surface area contributed by atoms with Crippen molar-refractivity contribution < 1.29 is 19.7 Å². The smallest absolute Gasteiger partial charge is 0.179 e. The van der Waals surface area contributed by atoms with E-state index in [0.717, 1.165) is 18.5 Å². The van der Waals surface area contributed by atoms with Gasteiger partial charge in [-0.05, 0) is 44.5 Å². The summed E-state index contributed by atoms with van der Waals surface area (Å²) in [6.07, 6.45) is 0.305. The number of aliphatic hydroxyl groups is 2. The number of halogens is 1. The average molecular weight is 344 g/mol. The second-order valence-electron chi connectivity index (χ2n) is 5.80. The first-order valence-electron chi connectivity index (χ1n) is 8.18. The van der Waals surface area contributed by atoms with E-state index in [0.29, 0.717) is 42.8 Å². The number of hydrogen-bond acceptors (Lipinski definition) is 5. The molecule has 1 heterocycles. The summed E-state index contributed by atoms with van der Waals surface area (Å²) >= 11 is 6.34. The van der Waals surface area contributed by atoms with Crippen LogP contribution in [0, 0.1) is 5.92 Å². The number of rotatable bonds is 7. The molecule has 1 fully saturated rings. The molecule has 1 aliphatic rings. The van der Waals surface area contributed by atoms with Crippen LogP contribution in [-0.2, 0) is 6.54 Å². The van der Waals surface area contributed by atoms with Gasteiger partial charge in [0.15, 0.2) is 11.5 Å². The van der Waals surface area contributed by atoms with Gasteiger partial charge in [-0.25, -0.2) is 0 Å². The number of likely N-dealkylation sites (tertiary alicyclic amines) is 1. The molecule has 0 bridgehead atoms. The Kier molecular flexibility index (Phi) is 6.96. The zero-order valence-electron chi connectivity index (χ0n) is 13.8. The molecule has 1 aliphatic heterocycles. The Hall–Kier alpha value is -1.01. The first kappa shape index (κ1) is 18.3. The third kappa shape index (κ3) is 4.73. The van der Waals surface area contributed by atoms with Crippen LogP contribution in [0.5, 0.6) is 11.5 Å². The number of piperidine rings is 1. The number of benzene rings is 1. The van der Waals surface area contributed by atoms with Crippen molar-refractivity contribution in [3.8, 4) is 11.5 Å². The molecule has 0 aliphatic carbocycles. The van der Waals surface area contributed by atoms with E-state index >= 15 is 0 Å². The first-order valence-corrected chi connectivity index (χ1v) is 8.56. The molecule has 0 radical (unpaired) electrons. The minimum atomic E-state index is -0.488. The van der Waals surface area contributed by atoms with Gasteiger partial charge < -0.3 is 19.7 Å². The molecule has 6 heteroatoms. The van der Waals surface area contributed by atoms with E-state index in [1.54, 1.807) is 0 Å². The molecule has 2 atom stereocenters. The summed E-state index contributed by atoms with van der Waals surface area (Å²) in [5.74, 6) is 1.22. The summed E-state index contributed by atoms with van der Waals surface area (Å²) in [5, 5.41) is 19.8. The van der Waals surface area contributed by atoms with Crippen LogP contribution in [0.15, 0.2) is 12.1 Å². The lowest BCUT2D eigenvalue weighted by atomic mass is 9.94. The molecular weight excluding hydrogens is 318 g/mol. The minimum absolute atomic E-state index is 0.0193. The molecule has 130 valence electrons. The van der Waals surface area contributed by atoms with Gasteiger partial charge in [0, 0.05) is 25.6 Å². The molecule has 0 unspecified atom stereocenters. The van der Waals surface area contributed by atoms with Crippen molar-refractivity contribution >= 4 is 11.6 Å². The van der Waals surface area contributed by atoms with Crippen LogP contribution in [0.2, 0.25) is 5.02 Å². The molecule has 1 aromatic carbocycles. The van der Waals surface area contributed by atoms with Gasteiger partial charge in [0.1, 0.15) is 0 Å². The Balaban J connectivity index is 2.11. The van der Waals surface area contributed by atoms with E-state index in [-0.39, 0.29) is 12.5 Å². The summed E-state index contributed by atoms with van der Waals surface area (Å²) in [6.45, 7) is 7.02. The van der Waals surface area contributed by atoms with E-state index in [9.17, 15) is 10.2 Å². The lowest BCUT2D eigenvalue weighted by Crippen LogP contribution is -2.44. The Morgan fingerprint density at radius 1 is 1.26 bits per heavy atom. The van der Waals surface area contributed by atoms with Gasteiger partial charge >= 0.3 is 0 Å². The largest absolute Gasteiger partial charge is 0.490 e. The van der Waals surface area contributed by atoms with Crippen molar-refractivity contribution in [3.63, 3.8) is 0 Å². The minimum Gasteiger partial charge on any atom is -0.490 e. The SMILES string of the molecule is CCOc1cc(CN2CC[C@H](CO)[C@H](O)C2)cc(Cl)c1OCC. The Labute approximate surface area is 142 Å². The van der Waals surface area contributed by atoms with Crippen LogP contribution in [0.25, 0.3) is 0 Å². The standard InChI is InChI=1S/C17H26ClNO4/c1-3-22-16-8-12(7-14(18)17(16)23-4-2)9-19-6-5-13(11-20)15(21)10-19/h7-8,13,15,20-21H,3-6,9-11H2,1-2H3/t13-,15-/m1/s1. The molecule has 1 aromatic rings. The summed E-state index contributed by atoms with van der Waals surface area (Å²) in [6, 6.07) is 3.84. The van der Waals surface area contributed by atoms with Gasteiger partial charge in [-0.1, -0.05) is 11.6 Å². The van der Waals surface area contributed by atoms with Gasteiger partial charge in [-0.15, -0.1) is 0 Å². The van der Waals surface area contributed by atoms with Crippen molar-refractivity contribution in [1.82, 2.24) is 4.90 Å². The van der Waals surface area contributed by atoms with Crippen molar-refractivity contribution in [1.29, 1.82) is 0 Å². The van der Waals surface area contributed by atoms with Crippen LogP contribution < -0.4 is 9.47 Å². The highest BCUT2D eigenvalue weighted by Gasteiger charge is 2.27. The van der Waals surface area contributed by atoms with Crippen LogP contribution in [0.3, 0.4) is 0 Å². The first-order chi connectivity index (χ1) is 11.1. The fraction of sp³-hybridized carbons (Fsp3) is 0.647. The monoisotopic (exact) mass is 343 g/mol. The van der Waals surface area contributed by atoms with Crippen LogP contribution >= 0.6 is 11.6 Å². The number of aliphatic hydroxyl groups excluding tert-OH is 2. The van der Waals surface area contributed by atoms with Crippen LogP contribution in [-0.4, -0.2) is 54.1 Å². The molecule has 23 heavy (non-hydrogen) atoms. The third-order valence-electron chi connectivity index (χ3n) is 4.10. The normalized spacial score (nSPS) is 22.1. The Morgan fingerprint density at radius 3 is 2.61 bits per heavy atom. The highest BCUT2D eigenvalue weighted by atomic mass is 35.5. The highest BCUT2D eigenvalue weighted by molar-refractivity contribution is 6.32. The molecule has 0 amide bonds. The maximum atomic E-state index is 10.1. The average Bonchev–Trinajstić information content (AvgIpc) is 2.51. The summed E-state index contributed by atoms with van der Waals surface area (Å²) in [7, 11) is 0. The van der Waals surface area contributed by atoms with Crippen molar-refractivity contribution in [2.24, 2.45) is 5.92 Å². The molecular formula is C17H26ClNO4. The van der Waals surface area contributed by atoms with Crippen molar-refractivity contribution in [2.45, 2.75) is 32.9 Å². The fourth-order valence-electron chi connectivity index (χ4n) is 2.92. The topological polar surface area (TPSA) is 62.2 Å². The number of β-amino-alcohol motifs (C(OH)–C–C–N with tert-alkyl or cyclic N) is 1. The van der Waals surface area contributed by atoms with E-state index in [2.05, 4.69) is 4.90 Å². The van der Waals surface area contributed by atoms with Gasteiger partial charge in [-0.2, -0.15) is 0 Å². The van der Waals surface area contributed by atoms with Crippen molar-refractivity contribution in [3.05, 3.63) is 22.7 Å². The molecule has 2 rings (SSSR count). The van der Waals surface area contributed by atoms with Gasteiger partial charge in [-0.3, -0.25) is 4.90 Å². The second kappa shape index (κ2) is 8.73. The predicted molar refractivity (Wildman–Crippen MR) is 90.3 cm³/mol. The molecule has 0 aromatic heterocycles. The van der Waals surface area contributed by atoms with Gasteiger partial charge in [0.2, 0.25) is 0 Å². The van der Waals surface area contributed by atoms with Gasteiger partial charge in [0.05, 0.1) is 24.3 Å². The van der Waals surface area contributed by atoms with E-state index in [4.69, 9.17) is 21.1 Å². The molecule has 1 saturated heterocycles. The Bertz CT molecular complexity index is 512. The Morgan fingerprint density at radius 2 is 2.00 bits per heavy atom. The lowest BCUT2D eigenvalue weighted by molar-refractivity contribution is -0.00445.